The van der Waals surface area contributed by atoms with E-state index in [-0.39, 0.29) is 5.91 Å². The number of carbonyl (C=O) groups excluding carboxylic acids is 1. The Balaban J connectivity index is 1.10. The van der Waals surface area contributed by atoms with Crippen molar-refractivity contribution in [2.75, 3.05) is 31.6 Å². The molecule has 0 spiro atoms. The van der Waals surface area contributed by atoms with Gasteiger partial charge in [0, 0.05) is 37.0 Å². The lowest BCUT2D eigenvalue weighted by molar-refractivity contribution is 0.0949. The average Bonchev–Trinajstić information content (AvgIpc) is 3.52. The van der Waals surface area contributed by atoms with Crippen molar-refractivity contribution in [2.45, 2.75) is 25.2 Å². The van der Waals surface area contributed by atoms with Gasteiger partial charge in [0.25, 0.3) is 11.9 Å². The first-order valence-corrected chi connectivity index (χ1v) is 11.3. The number of hydrogen-bond acceptors (Lipinski definition) is 6. The normalized spacial score (nSPS) is 14.5. The number of nitrogens with one attached hydrogen (secondary N) is 2. The highest BCUT2D eigenvalue weighted by Crippen LogP contribution is 2.30. The number of H-pyrrole nitrogens is 1. The number of nitrogens with zero attached hydrogens (tertiary/aromatic N) is 3. The van der Waals surface area contributed by atoms with Crippen LogP contribution < -0.4 is 15.0 Å². The number of hydrogen-bond donors (Lipinski definition) is 2. The van der Waals surface area contributed by atoms with E-state index in [0.29, 0.717) is 36.4 Å². The summed E-state index contributed by atoms with van der Waals surface area (Å²) in [5, 5.41) is 8.07. The Kier molecular flexibility index (Phi) is 5.97. The molecule has 0 atom stereocenters. The van der Waals surface area contributed by atoms with Crippen LogP contribution in [-0.2, 0) is 6.42 Å². The molecule has 0 saturated carbocycles. The minimum Gasteiger partial charge on any atom is -0.497 e. The van der Waals surface area contributed by atoms with Crippen LogP contribution in [0.4, 0.5) is 5.95 Å². The molecule has 0 aliphatic carbocycles. The van der Waals surface area contributed by atoms with Gasteiger partial charge in [-0.25, -0.2) is 0 Å². The summed E-state index contributed by atoms with van der Waals surface area (Å²) in [6.45, 7) is 2.19. The van der Waals surface area contributed by atoms with Gasteiger partial charge in [0.1, 0.15) is 11.4 Å². The molecule has 0 radical (unpaired) electrons. The van der Waals surface area contributed by atoms with E-state index in [1.807, 2.05) is 42.5 Å². The number of fused-ring (bicyclic) bond motifs is 1. The van der Waals surface area contributed by atoms with Crippen LogP contribution in [-0.4, -0.2) is 47.8 Å². The zero-order chi connectivity index (χ0) is 22.6. The van der Waals surface area contributed by atoms with Crippen LogP contribution in [0, 0.1) is 0 Å². The van der Waals surface area contributed by atoms with Crippen molar-refractivity contribution in [1.82, 2.24) is 20.4 Å². The van der Waals surface area contributed by atoms with Crippen molar-refractivity contribution < 1.29 is 14.1 Å². The fraction of sp³-hybridized carbons (Fsp3) is 0.320. The Morgan fingerprint density at radius 2 is 1.97 bits per heavy atom. The number of rotatable bonds is 7. The van der Waals surface area contributed by atoms with E-state index < -0.39 is 0 Å². The number of ether oxygens (including phenoxy) is 1. The molecule has 8 heteroatoms. The minimum absolute atomic E-state index is 0.147. The van der Waals surface area contributed by atoms with Gasteiger partial charge >= 0.3 is 0 Å². The van der Waals surface area contributed by atoms with Crippen LogP contribution in [0.15, 0.2) is 59.1 Å². The summed E-state index contributed by atoms with van der Waals surface area (Å²) in [6, 6.07) is 18.0. The third-order valence-corrected chi connectivity index (χ3v) is 6.22. The Bertz CT molecular complexity index is 1190. The second-order valence-corrected chi connectivity index (χ2v) is 8.30. The van der Waals surface area contributed by atoms with E-state index in [2.05, 4.69) is 37.5 Å². The average molecular weight is 446 g/mol. The summed E-state index contributed by atoms with van der Waals surface area (Å²) in [7, 11) is 1.68. The second kappa shape index (κ2) is 9.36. The summed E-state index contributed by atoms with van der Waals surface area (Å²) in [4.78, 5) is 22.2. The van der Waals surface area contributed by atoms with Crippen LogP contribution in [0.3, 0.4) is 0 Å². The molecule has 1 fully saturated rings. The van der Waals surface area contributed by atoms with Crippen molar-refractivity contribution in [1.29, 1.82) is 0 Å². The van der Waals surface area contributed by atoms with Crippen molar-refractivity contribution in [3.63, 3.8) is 0 Å². The van der Waals surface area contributed by atoms with Gasteiger partial charge < -0.3 is 24.5 Å². The number of piperidine rings is 1. The molecule has 170 valence electrons. The molecule has 2 aromatic heterocycles. The lowest BCUT2D eigenvalue weighted by Crippen LogP contribution is -2.33. The third kappa shape index (κ3) is 4.69. The van der Waals surface area contributed by atoms with Gasteiger partial charge in [-0.2, -0.15) is 4.98 Å². The molecule has 4 aromatic rings. The summed E-state index contributed by atoms with van der Waals surface area (Å²) < 4.78 is 10.7. The summed E-state index contributed by atoms with van der Waals surface area (Å²) in [6.07, 6.45) is 2.56. The van der Waals surface area contributed by atoms with Crippen molar-refractivity contribution in [2.24, 2.45) is 0 Å². The summed E-state index contributed by atoms with van der Waals surface area (Å²) in [5.41, 5.74) is 2.83. The minimum atomic E-state index is -0.147. The standard InChI is InChI=1S/C25H27N5O3/c1-32-20-8-6-17(7-9-20)18-11-14-30(15-12-18)25-28-23(33-29-25)10-13-26-24(31)22-16-19-4-2-3-5-21(19)27-22/h2-9,16,18,27H,10-15H2,1H3,(H,26,31). The molecule has 0 bridgehead atoms. The molecule has 8 nitrogen and oxygen atoms in total. The van der Waals surface area contributed by atoms with Gasteiger partial charge in [-0.05, 0) is 53.7 Å². The first kappa shape index (κ1) is 21.1. The van der Waals surface area contributed by atoms with E-state index in [9.17, 15) is 4.79 Å². The molecular weight excluding hydrogens is 418 g/mol. The number of aromatic amines is 1. The number of para-hydroxylation sites is 1. The lowest BCUT2D eigenvalue weighted by Gasteiger charge is -2.31. The predicted molar refractivity (Wildman–Crippen MR) is 126 cm³/mol. The highest BCUT2D eigenvalue weighted by Gasteiger charge is 2.23. The maximum atomic E-state index is 12.4. The number of benzene rings is 2. The van der Waals surface area contributed by atoms with E-state index in [1.165, 1.54) is 5.56 Å². The molecule has 1 amide bonds. The first-order chi connectivity index (χ1) is 16.2. The molecule has 1 aliphatic rings. The topological polar surface area (TPSA) is 96.3 Å². The van der Waals surface area contributed by atoms with Crippen LogP contribution in [0.1, 0.15) is 40.7 Å². The lowest BCUT2D eigenvalue weighted by atomic mass is 9.89. The predicted octanol–water partition coefficient (Wildman–Crippen LogP) is 3.92. The Morgan fingerprint density at radius 3 is 2.73 bits per heavy atom. The second-order valence-electron chi connectivity index (χ2n) is 8.30. The fourth-order valence-corrected chi connectivity index (χ4v) is 4.34. The quantitative estimate of drug-likeness (QED) is 0.448. The van der Waals surface area contributed by atoms with Gasteiger partial charge in [0.2, 0.25) is 5.89 Å². The molecule has 2 N–H and O–H groups in total. The number of carbonyl (C=O) groups is 1. The molecule has 1 aliphatic heterocycles. The number of anilines is 1. The monoisotopic (exact) mass is 445 g/mol. The van der Waals surface area contributed by atoms with Gasteiger partial charge in [0.05, 0.1) is 7.11 Å². The largest absolute Gasteiger partial charge is 0.497 e. The number of methoxy groups -OCH3 is 1. The summed E-state index contributed by atoms with van der Waals surface area (Å²) in [5.74, 6) is 2.41. The van der Waals surface area contributed by atoms with Crippen molar-refractivity contribution in [3.05, 3.63) is 71.7 Å². The number of aromatic nitrogens is 3. The van der Waals surface area contributed by atoms with Gasteiger partial charge in [-0.15, -0.1) is 0 Å². The van der Waals surface area contributed by atoms with Crippen LogP contribution >= 0.6 is 0 Å². The maximum Gasteiger partial charge on any atom is 0.267 e. The van der Waals surface area contributed by atoms with Crippen molar-refractivity contribution >= 4 is 22.8 Å². The molecule has 3 heterocycles. The molecule has 1 saturated heterocycles. The van der Waals surface area contributed by atoms with E-state index in [4.69, 9.17) is 9.26 Å². The fourth-order valence-electron chi connectivity index (χ4n) is 4.34. The van der Waals surface area contributed by atoms with Gasteiger partial charge in [-0.1, -0.05) is 30.3 Å². The molecule has 0 unspecified atom stereocenters. The van der Waals surface area contributed by atoms with E-state index in [0.717, 1.165) is 42.6 Å². The van der Waals surface area contributed by atoms with Crippen LogP contribution in [0.2, 0.25) is 0 Å². The van der Waals surface area contributed by atoms with Crippen molar-refractivity contribution in [3.8, 4) is 5.75 Å². The van der Waals surface area contributed by atoms with E-state index >= 15 is 0 Å². The highest BCUT2D eigenvalue weighted by atomic mass is 16.5. The zero-order valence-electron chi connectivity index (χ0n) is 18.6. The van der Waals surface area contributed by atoms with Gasteiger partial charge in [-0.3, -0.25) is 4.79 Å². The third-order valence-electron chi connectivity index (χ3n) is 6.22. The Labute approximate surface area is 191 Å². The number of amides is 1. The first-order valence-electron chi connectivity index (χ1n) is 11.3. The van der Waals surface area contributed by atoms with E-state index in [1.54, 1.807) is 7.11 Å². The molecule has 33 heavy (non-hydrogen) atoms. The zero-order valence-corrected chi connectivity index (χ0v) is 18.6. The van der Waals surface area contributed by atoms with Gasteiger partial charge in [0.15, 0.2) is 0 Å². The summed E-state index contributed by atoms with van der Waals surface area (Å²) >= 11 is 0. The maximum absolute atomic E-state index is 12.4. The van der Waals surface area contributed by atoms with Crippen LogP contribution in [0.25, 0.3) is 10.9 Å². The SMILES string of the molecule is COc1ccc(C2CCN(c3noc(CCNC(=O)c4cc5ccccc5[nH]4)n3)CC2)cc1. The molecule has 2 aromatic carbocycles. The molecular formula is C25H27N5O3. The molecule has 5 rings (SSSR count). The smallest absolute Gasteiger partial charge is 0.267 e. The van der Waals surface area contributed by atoms with Crippen LogP contribution in [0.5, 0.6) is 5.75 Å². The Hall–Kier alpha value is -3.81. The Morgan fingerprint density at radius 1 is 1.18 bits per heavy atom. The highest BCUT2D eigenvalue weighted by molar-refractivity contribution is 5.97.